The van der Waals surface area contributed by atoms with Gasteiger partial charge in [0.2, 0.25) is 0 Å². The van der Waals surface area contributed by atoms with Gasteiger partial charge in [-0.05, 0) is 73.7 Å². The summed E-state index contributed by atoms with van der Waals surface area (Å²) in [7, 11) is 0. The minimum atomic E-state index is -3.49. The number of nitrogens with one attached hydrogen (secondary N) is 1. The van der Waals surface area contributed by atoms with Crippen molar-refractivity contribution in [1.82, 2.24) is 5.32 Å². The van der Waals surface area contributed by atoms with Crippen molar-refractivity contribution >= 4 is 17.5 Å². The predicted molar refractivity (Wildman–Crippen MR) is 150 cm³/mol. The maximum Gasteiger partial charge on any atom is 0.321 e. The lowest BCUT2D eigenvalue weighted by Crippen LogP contribution is -2.67. The maximum absolute atomic E-state index is 14.3. The van der Waals surface area contributed by atoms with Gasteiger partial charge in [0.25, 0.3) is 5.91 Å². The van der Waals surface area contributed by atoms with Crippen LogP contribution in [0.3, 0.4) is 0 Å². The third-order valence-corrected chi connectivity index (χ3v) is 11.3. The van der Waals surface area contributed by atoms with Gasteiger partial charge in [-0.3, -0.25) is 14.4 Å². The van der Waals surface area contributed by atoms with Gasteiger partial charge in [-0.25, -0.2) is 0 Å². The standard InChI is InChI=1S/C33H46F2N2O3/c1-9-10-24-29(4,5)26(39)20(19-36)16-31(24,7)21-15-23(38)25-22-18-28(2,3)11-13-33(22,14-12-30(25,6)17-21)37-27(40)32(8,34)35/h15-16,22,24-25H,9-14,17-18H2,1-8H3,(H,37,40)/t22-,24-,25-,30-,31+,33-/m0/s1. The van der Waals surface area contributed by atoms with Crippen LogP contribution in [-0.2, 0) is 14.4 Å². The summed E-state index contributed by atoms with van der Waals surface area (Å²) in [4.78, 5) is 40.1. The Morgan fingerprint density at radius 3 is 2.30 bits per heavy atom. The summed E-state index contributed by atoms with van der Waals surface area (Å²) >= 11 is 0. The highest BCUT2D eigenvalue weighted by atomic mass is 19.3. The molecule has 2 saturated carbocycles. The van der Waals surface area contributed by atoms with E-state index in [1.54, 1.807) is 6.08 Å². The molecule has 220 valence electrons. The summed E-state index contributed by atoms with van der Waals surface area (Å²) in [5.41, 5.74) is -1.62. The van der Waals surface area contributed by atoms with E-state index in [2.05, 4.69) is 46.0 Å². The van der Waals surface area contributed by atoms with Crippen LogP contribution in [0.25, 0.3) is 0 Å². The van der Waals surface area contributed by atoms with E-state index in [0.29, 0.717) is 39.0 Å². The highest BCUT2D eigenvalue weighted by molar-refractivity contribution is 6.04. The van der Waals surface area contributed by atoms with Crippen LogP contribution in [0.15, 0.2) is 23.3 Å². The Morgan fingerprint density at radius 2 is 1.73 bits per heavy atom. The second-order valence-electron chi connectivity index (χ2n) is 15.2. The van der Waals surface area contributed by atoms with Crippen LogP contribution in [-0.4, -0.2) is 28.9 Å². The highest BCUT2D eigenvalue weighted by Gasteiger charge is 2.62. The molecular formula is C33H46F2N2O3. The molecule has 4 aliphatic carbocycles. The van der Waals surface area contributed by atoms with Crippen molar-refractivity contribution in [1.29, 1.82) is 5.26 Å². The molecule has 6 atom stereocenters. The summed E-state index contributed by atoms with van der Waals surface area (Å²) in [6.45, 7) is 15.1. The van der Waals surface area contributed by atoms with Gasteiger partial charge in [0.15, 0.2) is 11.6 Å². The lowest BCUT2D eigenvalue weighted by atomic mass is 9.44. The lowest BCUT2D eigenvalue weighted by Gasteiger charge is -2.62. The van der Waals surface area contributed by atoms with Gasteiger partial charge in [-0.2, -0.15) is 14.0 Å². The van der Waals surface area contributed by atoms with Crippen molar-refractivity contribution < 1.29 is 23.2 Å². The summed E-state index contributed by atoms with van der Waals surface area (Å²) in [5.74, 6) is -5.65. The number of rotatable bonds is 5. The minimum Gasteiger partial charge on any atom is -0.345 e. The fourth-order valence-electron chi connectivity index (χ4n) is 8.99. The number of halogens is 2. The molecule has 0 aromatic carbocycles. The first-order valence-electron chi connectivity index (χ1n) is 14.9. The molecule has 1 amide bonds. The van der Waals surface area contributed by atoms with Gasteiger partial charge in [0.1, 0.15) is 6.07 Å². The number of fused-ring (bicyclic) bond motifs is 3. The quantitative estimate of drug-likeness (QED) is 0.391. The molecule has 5 nitrogen and oxygen atoms in total. The van der Waals surface area contributed by atoms with Crippen LogP contribution in [0.1, 0.15) is 107 Å². The number of ketones is 2. The predicted octanol–water partition coefficient (Wildman–Crippen LogP) is 7.12. The van der Waals surface area contributed by atoms with E-state index < -0.39 is 39.5 Å². The Morgan fingerprint density at radius 1 is 1.10 bits per heavy atom. The fourth-order valence-corrected chi connectivity index (χ4v) is 8.99. The zero-order valence-electron chi connectivity index (χ0n) is 25.5. The van der Waals surface area contributed by atoms with E-state index in [1.165, 1.54) is 0 Å². The first kappa shape index (κ1) is 30.6. The Labute approximate surface area is 238 Å². The fraction of sp³-hybridized carbons (Fsp3) is 0.758. The first-order valence-corrected chi connectivity index (χ1v) is 14.9. The van der Waals surface area contributed by atoms with Crippen molar-refractivity contribution in [3.8, 4) is 6.07 Å². The molecule has 0 heterocycles. The molecule has 2 fully saturated rings. The lowest BCUT2D eigenvalue weighted by molar-refractivity contribution is -0.155. The molecule has 7 heteroatoms. The minimum absolute atomic E-state index is 0.0221. The van der Waals surface area contributed by atoms with Crippen molar-refractivity contribution in [3.63, 3.8) is 0 Å². The molecular weight excluding hydrogens is 510 g/mol. The third kappa shape index (κ3) is 4.77. The molecule has 0 aromatic heterocycles. The topological polar surface area (TPSA) is 87.0 Å². The number of carbonyl (C=O) groups is 3. The second kappa shape index (κ2) is 9.60. The zero-order valence-corrected chi connectivity index (χ0v) is 25.5. The summed E-state index contributed by atoms with van der Waals surface area (Å²) in [6, 6.07) is 2.12. The Bertz CT molecular complexity index is 1220. The molecule has 4 aliphatic rings. The summed E-state index contributed by atoms with van der Waals surface area (Å²) < 4.78 is 28.1. The van der Waals surface area contributed by atoms with E-state index in [4.69, 9.17) is 0 Å². The van der Waals surface area contributed by atoms with E-state index in [-0.39, 0.29) is 34.4 Å². The van der Waals surface area contributed by atoms with Crippen LogP contribution in [0.5, 0.6) is 0 Å². The van der Waals surface area contributed by atoms with Crippen molar-refractivity contribution in [2.75, 3.05) is 0 Å². The third-order valence-electron chi connectivity index (χ3n) is 11.3. The number of alkyl halides is 2. The van der Waals surface area contributed by atoms with Gasteiger partial charge in [0.05, 0.1) is 5.57 Å². The zero-order chi connectivity index (χ0) is 30.1. The molecule has 0 radical (unpaired) electrons. The number of hydrogen-bond donors (Lipinski definition) is 1. The molecule has 40 heavy (non-hydrogen) atoms. The van der Waals surface area contributed by atoms with Gasteiger partial charge in [-0.15, -0.1) is 0 Å². The average molecular weight is 557 g/mol. The van der Waals surface area contributed by atoms with Gasteiger partial charge >= 0.3 is 5.92 Å². The summed E-state index contributed by atoms with van der Waals surface area (Å²) in [5, 5.41) is 12.6. The molecule has 0 saturated heterocycles. The van der Waals surface area contributed by atoms with Gasteiger partial charge < -0.3 is 5.32 Å². The van der Waals surface area contributed by atoms with Crippen LogP contribution < -0.4 is 5.32 Å². The SMILES string of the molecule is CCC[C@H]1C(C)(C)C(=O)C(C#N)=C[C@]1(C)C1=CC(=O)[C@@H]2[C@@H]3CC(C)(C)CC[C@]3(NC(=O)C(C)(F)F)CC[C@@]2(C)C1. The smallest absolute Gasteiger partial charge is 0.321 e. The number of nitrogens with zero attached hydrogens (tertiary/aromatic N) is 1. The number of carbonyl (C=O) groups excluding carboxylic acids is 3. The Hall–Kier alpha value is -2.36. The van der Waals surface area contributed by atoms with Crippen LogP contribution in [0, 0.1) is 50.7 Å². The van der Waals surface area contributed by atoms with Gasteiger partial charge in [-0.1, -0.05) is 66.5 Å². The van der Waals surface area contributed by atoms with E-state index in [9.17, 15) is 28.4 Å². The van der Waals surface area contributed by atoms with Crippen molar-refractivity contribution in [3.05, 3.63) is 23.3 Å². The van der Waals surface area contributed by atoms with Crippen LogP contribution >= 0.6 is 0 Å². The number of nitriles is 1. The molecule has 4 rings (SSSR count). The number of amides is 1. The van der Waals surface area contributed by atoms with Crippen LogP contribution in [0.2, 0.25) is 0 Å². The van der Waals surface area contributed by atoms with Crippen LogP contribution in [0.4, 0.5) is 8.78 Å². The molecule has 0 aliphatic heterocycles. The summed E-state index contributed by atoms with van der Waals surface area (Å²) in [6.07, 6.45) is 9.05. The average Bonchev–Trinajstić information content (AvgIpc) is 2.83. The van der Waals surface area contributed by atoms with E-state index in [0.717, 1.165) is 24.8 Å². The molecule has 0 unspecified atom stereocenters. The van der Waals surface area contributed by atoms with Crippen molar-refractivity contribution in [2.24, 2.45) is 39.4 Å². The number of allylic oxidation sites excluding steroid dienone is 4. The number of hydrogen-bond acceptors (Lipinski definition) is 4. The largest absolute Gasteiger partial charge is 0.345 e. The molecule has 0 aromatic rings. The van der Waals surface area contributed by atoms with E-state index >= 15 is 0 Å². The molecule has 1 N–H and O–H groups in total. The second-order valence-corrected chi connectivity index (χ2v) is 15.2. The Balaban J connectivity index is 1.81. The Kier molecular flexibility index (Phi) is 7.34. The number of Topliss-reactive ketones (excluding diaryl/α,β-unsaturated/α-hetero) is 1. The highest BCUT2D eigenvalue weighted by Crippen LogP contribution is 2.64. The normalized spacial score (nSPS) is 38.8. The van der Waals surface area contributed by atoms with Gasteiger partial charge in [0, 0.05) is 29.2 Å². The molecule has 0 spiro atoms. The van der Waals surface area contributed by atoms with Crippen molar-refractivity contribution in [2.45, 2.75) is 118 Å². The maximum atomic E-state index is 14.3. The monoisotopic (exact) mass is 556 g/mol. The molecule has 0 bridgehead atoms. The first-order chi connectivity index (χ1) is 18.3. The van der Waals surface area contributed by atoms with E-state index in [1.807, 2.05) is 19.9 Å².